The van der Waals surface area contributed by atoms with Crippen LogP contribution in [0.4, 0.5) is 10.5 Å². The molecule has 2 aromatic carbocycles. The van der Waals surface area contributed by atoms with Crippen molar-refractivity contribution >= 4 is 23.5 Å². The fourth-order valence-electron chi connectivity index (χ4n) is 4.05. The molecule has 0 aromatic heterocycles. The van der Waals surface area contributed by atoms with Crippen molar-refractivity contribution in [3.05, 3.63) is 60.2 Å². The number of carbonyl (C=O) groups excluding carboxylic acids is 3. The number of hydrogen-bond donors (Lipinski definition) is 1. The van der Waals surface area contributed by atoms with Gasteiger partial charge >= 0.3 is 6.03 Å². The van der Waals surface area contributed by atoms with Gasteiger partial charge in [0, 0.05) is 23.7 Å². The van der Waals surface area contributed by atoms with Gasteiger partial charge in [0.25, 0.3) is 5.91 Å². The van der Waals surface area contributed by atoms with E-state index in [2.05, 4.69) is 5.32 Å². The molecule has 0 aliphatic carbocycles. The molecule has 2 heterocycles. The van der Waals surface area contributed by atoms with Crippen LogP contribution in [0, 0.1) is 0 Å². The van der Waals surface area contributed by atoms with Crippen molar-refractivity contribution in [1.29, 1.82) is 0 Å². The minimum Gasteiger partial charge on any atom is -0.493 e. The number of urea groups is 1. The summed E-state index contributed by atoms with van der Waals surface area (Å²) in [6.07, 6.45) is 0.325. The molecule has 1 saturated heterocycles. The zero-order valence-corrected chi connectivity index (χ0v) is 16.4. The molecule has 2 aliphatic rings. The standard InChI is InChI=1S/C22H23N3O4/c1-15(2)25(16-8-4-3-5-9-16)19(26)14-24-20(27)22(23-21(24)28)12-13-29-18-11-7-6-10-17(18)22/h3-11,15H,12-14H2,1-2H3,(H,23,28)/t22-/m0/s1. The highest BCUT2D eigenvalue weighted by Gasteiger charge is 2.55. The number of rotatable bonds is 4. The van der Waals surface area contributed by atoms with Gasteiger partial charge in [0.15, 0.2) is 5.54 Å². The minimum absolute atomic E-state index is 0.122. The van der Waals surface area contributed by atoms with Crippen LogP contribution in [-0.4, -0.2) is 41.9 Å². The maximum Gasteiger partial charge on any atom is 0.325 e. The molecule has 4 amide bonds. The highest BCUT2D eigenvalue weighted by molar-refractivity contribution is 6.11. The van der Waals surface area contributed by atoms with Crippen LogP contribution >= 0.6 is 0 Å². The van der Waals surface area contributed by atoms with Crippen LogP contribution in [0.25, 0.3) is 0 Å². The topological polar surface area (TPSA) is 79.0 Å². The van der Waals surface area contributed by atoms with Gasteiger partial charge in [-0.3, -0.25) is 14.5 Å². The Morgan fingerprint density at radius 3 is 2.55 bits per heavy atom. The smallest absolute Gasteiger partial charge is 0.325 e. The van der Waals surface area contributed by atoms with Crippen molar-refractivity contribution in [2.45, 2.75) is 31.8 Å². The third-order valence-corrected chi connectivity index (χ3v) is 5.37. The normalized spacial score (nSPS) is 20.4. The molecular weight excluding hydrogens is 370 g/mol. The average molecular weight is 393 g/mol. The Bertz CT molecular complexity index is 960. The third kappa shape index (κ3) is 3.12. The lowest BCUT2D eigenvalue weighted by molar-refractivity contribution is -0.135. The highest BCUT2D eigenvalue weighted by Crippen LogP contribution is 2.41. The number of fused-ring (bicyclic) bond motifs is 2. The molecule has 7 heteroatoms. The Morgan fingerprint density at radius 1 is 1.14 bits per heavy atom. The molecule has 29 heavy (non-hydrogen) atoms. The van der Waals surface area contributed by atoms with Gasteiger partial charge in [-0.25, -0.2) is 4.79 Å². The van der Waals surface area contributed by atoms with E-state index in [1.165, 1.54) is 0 Å². The fourth-order valence-corrected chi connectivity index (χ4v) is 4.05. The number of carbonyl (C=O) groups is 3. The number of ether oxygens (including phenoxy) is 1. The van der Waals surface area contributed by atoms with Crippen LogP contribution < -0.4 is 15.0 Å². The second-order valence-corrected chi connectivity index (χ2v) is 7.51. The predicted octanol–water partition coefficient (Wildman–Crippen LogP) is 2.66. The lowest BCUT2D eigenvalue weighted by Crippen LogP contribution is -2.49. The average Bonchev–Trinajstić information content (AvgIpc) is 2.94. The monoisotopic (exact) mass is 393 g/mol. The van der Waals surface area contributed by atoms with Gasteiger partial charge in [0.05, 0.1) is 6.61 Å². The molecule has 2 aromatic rings. The number of amides is 4. The largest absolute Gasteiger partial charge is 0.493 e. The van der Waals surface area contributed by atoms with E-state index in [4.69, 9.17) is 4.74 Å². The van der Waals surface area contributed by atoms with Crippen molar-refractivity contribution in [1.82, 2.24) is 10.2 Å². The molecule has 1 fully saturated rings. The van der Waals surface area contributed by atoms with Crippen LogP contribution in [0.3, 0.4) is 0 Å². The lowest BCUT2D eigenvalue weighted by atomic mass is 9.84. The molecule has 0 bridgehead atoms. The maximum absolute atomic E-state index is 13.3. The van der Waals surface area contributed by atoms with Crippen LogP contribution in [0.5, 0.6) is 5.75 Å². The van der Waals surface area contributed by atoms with Gasteiger partial charge in [0.1, 0.15) is 12.3 Å². The Labute approximate surface area is 169 Å². The minimum atomic E-state index is -1.18. The first-order chi connectivity index (χ1) is 13.9. The summed E-state index contributed by atoms with van der Waals surface area (Å²) in [6, 6.07) is 15.7. The first-order valence-corrected chi connectivity index (χ1v) is 9.67. The maximum atomic E-state index is 13.3. The van der Waals surface area contributed by atoms with Crippen LogP contribution in [0.1, 0.15) is 25.8 Å². The first-order valence-electron chi connectivity index (χ1n) is 9.67. The highest BCUT2D eigenvalue weighted by atomic mass is 16.5. The predicted molar refractivity (Wildman–Crippen MR) is 108 cm³/mol. The molecule has 0 radical (unpaired) electrons. The van der Waals surface area contributed by atoms with E-state index >= 15 is 0 Å². The summed E-state index contributed by atoms with van der Waals surface area (Å²) < 4.78 is 5.64. The number of benzene rings is 2. The van der Waals surface area contributed by atoms with E-state index in [0.717, 1.165) is 10.6 Å². The summed E-state index contributed by atoms with van der Waals surface area (Å²) in [4.78, 5) is 41.7. The zero-order chi connectivity index (χ0) is 20.6. The second-order valence-electron chi connectivity index (χ2n) is 7.51. The number of imide groups is 1. The molecule has 4 rings (SSSR count). The van der Waals surface area contributed by atoms with Crippen LogP contribution in [0.2, 0.25) is 0 Å². The molecule has 1 atom stereocenters. The molecule has 1 N–H and O–H groups in total. The Morgan fingerprint density at radius 2 is 1.83 bits per heavy atom. The number of hydrogen-bond acceptors (Lipinski definition) is 4. The SMILES string of the molecule is CC(C)N(C(=O)CN1C(=O)N[C@]2(CCOc3ccccc32)C1=O)c1ccccc1. The van der Waals surface area contributed by atoms with Crippen molar-refractivity contribution in [3.63, 3.8) is 0 Å². The Kier molecular flexibility index (Phi) is 4.74. The van der Waals surface area contributed by atoms with Crippen molar-refractivity contribution in [2.24, 2.45) is 0 Å². The third-order valence-electron chi connectivity index (χ3n) is 5.37. The van der Waals surface area contributed by atoms with Gasteiger partial charge < -0.3 is 15.0 Å². The van der Waals surface area contributed by atoms with Gasteiger partial charge in [-0.2, -0.15) is 0 Å². The summed E-state index contributed by atoms with van der Waals surface area (Å²) in [5, 5.41) is 2.83. The van der Waals surface area contributed by atoms with Crippen molar-refractivity contribution in [2.75, 3.05) is 18.1 Å². The molecule has 7 nitrogen and oxygen atoms in total. The van der Waals surface area contributed by atoms with E-state index in [1.807, 2.05) is 50.2 Å². The van der Waals surface area contributed by atoms with E-state index in [0.29, 0.717) is 24.3 Å². The Hall–Kier alpha value is -3.35. The molecule has 150 valence electrons. The molecule has 0 saturated carbocycles. The zero-order valence-electron chi connectivity index (χ0n) is 16.4. The number of nitrogens with zero attached hydrogens (tertiary/aromatic N) is 2. The van der Waals surface area contributed by atoms with Gasteiger partial charge in [0.2, 0.25) is 5.91 Å². The van der Waals surface area contributed by atoms with Crippen LogP contribution in [0.15, 0.2) is 54.6 Å². The molecule has 0 unspecified atom stereocenters. The molecule has 2 aliphatic heterocycles. The number of para-hydroxylation sites is 2. The van der Waals surface area contributed by atoms with Crippen molar-refractivity contribution in [3.8, 4) is 5.75 Å². The summed E-state index contributed by atoms with van der Waals surface area (Å²) in [7, 11) is 0. The fraction of sp³-hybridized carbons (Fsp3) is 0.318. The number of anilines is 1. The summed E-state index contributed by atoms with van der Waals surface area (Å²) in [5.41, 5.74) is 0.177. The summed E-state index contributed by atoms with van der Waals surface area (Å²) in [5.74, 6) is -0.149. The lowest BCUT2D eigenvalue weighted by Gasteiger charge is -2.33. The molecule has 1 spiro atoms. The first kappa shape index (κ1) is 19.0. The van der Waals surface area contributed by atoms with Gasteiger partial charge in [-0.15, -0.1) is 0 Å². The number of nitrogens with one attached hydrogen (secondary N) is 1. The molecular formula is C22H23N3O4. The van der Waals surface area contributed by atoms with E-state index in [9.17, 15) is 14.4 Å². The van der Waals surface area contributed by atoms with Crippen LogP contribution in [-0.2, 0) is 15.1 Å². The second kappa shape index (κ2) is 7.24. The van der Waals surface area contributed by atoms with E-state index < -0.39 is 17.5 Å². The van der Waals surface area contributed by atoms with Gasteiger partial charge in [-0.1, -0.05) is 36.4 Å². The van der Waals surface area contributed by atoms with Crippen molar-refractivity contribution < 1.29 is 19.1 Å². The Balaban J connectivity index is 1.62. The van der Waals surface area contributed by atoms with Gasteiger partial charge in [-0.05, 0) is 32.0 Å². The van der Waals surface area contributed by atoms with E-state index in [-0.39, 0.29) is 18.5 Å². The quantitative estimate of drug-likeness (QED) is 0.810. The van der Waals surface area contributed by atoms with E-state index in [1.54, 1.807) is 23.1 Å². The summed E-state index contributed by atoms with van der Waals surface area (Å²) >= 11 is 0. The summed E-state index contributed by atoms with van der Waals surface area (Å²) in [6.45, 7) is 3.79.